The number of para-hydroxylation sites is 1. The van der Waals surface area contributed by atoms with Gasteiger partial charge in [-0.15, -0.1) is 0 Å². The van der Waals surface area contributed by atoms with Crippen molar-refractivity contribution in [2.45, 2.75) is 37.8 Å². The van der Waals surface area contributed by atoms with Gasteiger partial charge < -0.3 is 39.7 Å². The van der Waals surface area contributed by atoms with Crippen molar-refractivity contribution in [3.8, 4) is 22.8 Å². The monoisotopic (exact) mass is 1140 g/mol. The SMILES string of the molecule is CNC(=O)N(c1ccc(-c2nc(N3CCOCC3)c3cnn(C4CCN(C(=O)c5ccccc5)CC4)c3n2)cc1)N(C(=O)Nc1ccccc1)c1ccc(-c2nc(N3CCOCC3)c3cnn(C4CCN(C(=O)c5cccnc5)CC4)c3n2)cc1. The highest BCUT2D eigenvalue weighted by molar-refractivity contribution is 6.10. The lowest BCUT2D eigenvalue weighted by Gasteiger charge is -2.34. The molecule has 6 amide bonds. The van der Waals surface area contributed by atoms with Crippen LogP contribution in [0.2, 0.25) is 0 Å². The Morgan fingerprint density at radius 2 is 0.941 bits per heavy atom. The molecule has 0 saturated carbocycles. The Balaban J connectivity index is 0.817. The van der Waals surface area contributed by atoms with E-state index in [2.05, 4.69) is 25.4 Å². The van der Waals surface area contributed by atoms with E-state index in [0.717, 1.165) is 22.4 Å². The summed E-state index contributed by atoms with van der Waals surface area (Å²) >= 11 is 0. The van der Waals surface area contributed by atoms with E-state index in [0.29, 0.717) is 167 Å². The quantitative estimate of drug-likeness (QED) is 0.117. The van der Waals surface area contributed by atoms with E-state index < -0.39 is 12.1 Å². The second-order valence-electron chi connectivity index (χ2n) is 21.3. The summed E-state index contributed by atoms with van der Waals surface area (Å²) in [5.41, 5.74) is 5.20. The van der Waals surface area contributed by atoms with Gasteiger partial charge in [0.1, 0.15) is 11.6 Å². The van der Waals surface area contributed by atoms with E-state index in [4.69, 9.17) is 39.6 Å². The molecule has 432 valence electrons. The summed E-state index contributed by atoms with van der Waals surface area (Å²) < 4.78 is 15.4. The van der Waals surface area contributed by atoms with Gasteiger partial charge in [0.05, 0.1) is 78.6 Å². The van der Waals surface area contributed by atoms with E-state index in [1.54, 1.807) is 60.9 Å². The number of anilines is 5. The number of hydrogen-bond donors (Lipinski definition) is 2. The molecule has 2 N–H and O–H groups in total. The van der Waals surface area contributed by atoms with Crippen molar-refractivity contribution in [3.05, 3.63) is 157 Å². The number of urea groups is 2. The molecular weight excluding hydrogens is 1080 g/mol. The van der Waals surface area contributed by atoms with Crippen LogP contribution in [0.25, 0.3) is 44.8 Å². The van der Waals surface area contributed by atoms with Gasteiger partial charge in [-0.05, 0) is 111 Å². The Kier molecular flexibility index (Phi) is 15.5. The number of aromatic nitrogens is 9. The van der Waals surface area contributed by atoms with Gasteiger partial charge in [-0.25, -0.2) is 38.9 Å². The molecule has 4 saturated heterocycles. The van der Waals surface area contributed by atoms with Gasteiger partial charge in [0.15, 0.2) is 22.9 Å². The van der Waals surface area contributed by atoms with Crippen LogP contribution in [0, 0.1) is 0 Å². The maximum absolute atomic E-state index is 14.9. The maximum Gasteiger partial charge on any atom is 0.345 e. The standard InChI is InChI=1S/C62H63N17O6/c1-63-61(82)78(49-18-14-42(15-19-49)53-68-55(72-31-35-84-36-32-72)51-40-65-76(57(51)70-53)47-22-27-74(28-23-47)59(80)44-9-4-2-5-10-44)79(62(83)67-46-12-6-3-7-13-46)50-20-16-43(17-21-50)54-69-56(73-33-37-85-38-34-73)52-41-66-77(58(52)71-54)48-24-29-75(30-25-48)60(81)45-11-8-26-64-39-45/h2-21,26,39-41,47-48H,22-25,27-38H2,1H3,(H,63,82)(H,67,83). The number of pyridine rings is 1. The van der Waals surface area contributed by atoms with Crippen LogP contribution in [0.5, 0.6) is 0 Å². The molecule has 0 radical (unpaired) electrons. The number of benzene rings is 4. The van der Waals surface area contributed by atoms with E-state index in [1.165, 1.54) is 17.1 Å². The van der Waals surface area contributed by atoms with Crippen molar-refractivity contribution in [2.24, 2.45) is 0 Å². The average Bonchev–Trinajstić information content (AvgIpc) is 4.16. The summed E-state index contributed by atoms with van der Waals surface area (Å²) in [7, 11) is 1.51. The normalized spacial score (nSPS) is 16.2. The van der Waals surface area contributed by atoms with Crippen LogP contribution in [-0.2, 0) is 9.47 Å². The molecule has 0 spiro atoms. The van der Waals surface area contributed by atoms with Crippen molar-refractivity contribution < 1.29 is 28.7 Å². The first-order valence-corrected chi connectivity index (χ1v) is 28.8. The number of nitrogens with zero attached hydrogens (tertiary/aromatic N) is 15. The average molecular weight is 1140 g/mol. The Morgan fingerprint density at radius 1 is 0.494 bits per heavy atom. The Morgan fingerprint density at radius 3 is 1.40 bits per heavy atom. The third-order valence-electron chi connectivity index (χ3n) is 16.2. The van der Waals surface area contributed by atoms with Crippen molar-refractivity contribution in [2.75, 3.05) is 111 Å². The lowest BCUT2D eigenvalue weighted by Crippen LogP contribution is -2.55. The van der Waals surface area contributed by atoms with E-state index >= 15 is 0 Å². The minimum Gasteiger partial charge on any atom is -0.378 e. The maximum atomic E-state index is 14.9. The van der Waals surface area contributed by atoms with Crippen molar-refractivity contribution >= 4 is 74.6 Å². The zero-order chi connectivity index (χ0) is 57.8. The van der Waals surface area contributed by atoms with Crippen LogP contribution in [0.1, 0.15) is 58.5 Å². The number of hydrogen-bond acceptors (Lipinski definition) is 15. The molecule has 4 fully saturated rings. The molecule has 9 heterocycles. The lowest BCUT2D eigenvalue weighted by molar-refractivity contribution is 0.0684. The first-order chi connectivity index (χ1) is 41.8. The Labute approximate surface area is 489 Å². The molecule has 4 aromatic carbocycles. The molecule has 0 aliphatic carbocycles. The molecule has 0 atom stereocenters. The first kappa shape index (κ1) is 54.4. The number of carbonyl (C=O) groups is 4. The zero-order valence-electron chi connectivity index (χ0n) is 47.0. The Hall–Kier alpha value is -9.87. The predicted octanol–water partition coefficient (Wildman–Crippen LogP) is 8.12. The summed E-state index contributed by atoms with van der Waals surface area (Å²) in [5, 5.41) is 19.8. The topological polar surface area (TPSA) is 230 Å². The minimum atomic E-state index is -0.608. The summed E-state index contributed by atoms with van der Waals surface area (Å²) in [5.74, 6) is 2.37. The summed E-state index contributed by atoms with van der Waals surface area (Å²) in [4.78, 5) is 89.1. The van der Waals surface area contributed by atoms with Crippen molar-refractivity contribution in [1.29, 1.82) is 0 Å². The first-order valence-electron chi connectivity index (χ1n) is 28.8. The van der Waals surface area contributed by atoms with Crippen LogP contribution < -0.4 is 30.5 Å². The van der Waals surface area contributed by atoms with Crippen LogP contribution in [0.3, 0.4) is 0 Å². The number of piperidine rings is 2. The lowest BCUT2D eigenvalue weighted by atomic mass is 10.0. The number of rotatable bonds is 11. The van der Waals surface area contributed by atoms with Gasteiger partial charge >= 0.3 is 12.1 Å². The number of carbonyl (C=O) groups excluding carboxylic acids is 4. The fourth-order valence-electron chi connectivity index (χ4n) is 11.7. The fourth-order valence-corrected chi connectivity index (χ4v) is 11.7. The van der Waals surface area contributed by atoms with Crippen LogP contribution >= 0.6 is 0 Å². The van der Waals surface area contributed by atoms with Gasteiger partial charge in [-0.1, -0.05) is 36.4 Å². The molecule has 13 rings (SSSR count). The zero-order valence-corrected chi connectivity index (χ0v) is 47.0. The largest absolute Gasteiger partial charge is 0.378 e. The highest BCUT2D eigenvalue weighted by Gasteiger charge is 2.33. The Bertz CT molecular complexity index is 3840. The third-order valence-corrected chi connectivity index (χ3v) is 16.2. The van der Waals surface area contributed by atoms with Crippen molar-refractivity contribution in [3.63, 3.8) is 0 Å². The van der Waals surface area contributed by atoms with Gasteiger partial charge in [0, 0.05) is 94.2 Å². The molecule has 9 aromatic rings. The van der Waals surface area contributed by atoms with E-state index in [-0.39, 0.29) is 23.9 Å². The van der Waals surface area contributed by atoms with Crippen LogP contribution in [0.15, 0.2) is 146 Å². The van der Waals surface area contributed by atoms with Gasteiger partial charge in [0.2, 0.25) is 0 Å². The molecule has 0 bridgehead atoms. The van der Waals surface area contributed by atoms with Crippen molar-refractivity contribution in [1.82, 2.24) is 59.6 Å². The number of nitrogens with one attached hydrogen (secondary N) is 2. The molecule has 85 heavy (non-hydrogen) atoms. The molecular formula is C62H63N17O6. The number of amides is 6. The second-order valence-corrected chi connectivity index (χ2v) is 21.3. The number of likely N-dealkylation sites (tertiary alicyclic amines) is 2. The van der Waals surface area contributed by atoms with Crippen LogP contribution in [0.4, 0.5) is 38.3 Å². The second kappa shape index (κ2) is 24.1. The number of hydrazine groups is 1. The van der Waals surface area contributed by atoms with Crippen LogP contribution in [-0.4, -0.2) is 164 Å². The van der Waals surface area contributed by atoms with E-state index in [1.807, 2.05) is 104 Å². The molecule has 0 unspecified atom stereocenters. The van der Waals surface area contributed by atoms with E-state index in [9.17, 15) is 19.2 Å². The number of fused-ring (bicyclic) bond motifs is 2. The summed E-state index contributed by atoms with van der Waals surface area (Å²) in [6.07, 6.45) is 9.70. The minimum absolute atomic E-state index is 0.00522. The molecule has 4 aliphatic rings. The number of morpholine rings is 2. The highest BCUT2D eigenvalue weighted by Crippen LogP contribution is 2.36. The molecule has 5 aromatic heterocycles. The predicted molar refractivity (Wildman–Crippen MR) is 321 cm³/mol. The van der Waals surface area contributed by atoms with Gasteiger partial charge in [-0.2, -0.15) is 20.2 Å². The summed E-state index contributed by atoms with van der Waals surface area (Å²) in [6, 6.07) is 35.2. The molecule has 4 aliphatic heterocycles. The number of ether oxygens (including phenoxy) is 2. The molecule has 23 nitrogen and oxygen atoms in total. The summed E-state index contributed by atoms with van der Waals surface area (Å²) in [6.45, 7) is 7.02. The third kappa shape index (κ3) is 11.1. The van der Waals surface area contributed by atoms with Gasteiger partial charge in [-0.3, -0.25) is 14.6 Å². The van der Waals surface area contributed by atoms with Gasteiger partial charge in [0.25, 0.3) is 11.8 Å². The highest BCUT2D eigenvalue weighted by atomic mass is 16.5. The smallest absolute Gasteiger partial charge is 0.345 e. The molecule has 23 heteroatoms. The fraction of sp³-hybridized carbons (Fsp3) is 0.306.